The number of hydrogen-bond donors (Lipinski definition) is 1. The zero-order valence-electron chi connectivity index (χ0n) is 27.3. The Morgan fingerprint density at radius 1 is 0.913 bits per heavy atom. The van der Waals surface area contributed by atoms with Crippen molar-refractivity contribution in [3.63, 3.8) is 0 Å². The second-order valence-electron chi connectivity index (χ2n) is 12.7. The van der Waals surface area contributed by atoms with E-state index in [4.69, 9.17) is 9.84 Å². The van der Waals surface area contributed by atoms with E-state index in [9.17, 15) is 9.59 Å². The summed E-state index contributed by atoms with van der Waals surface area (Å²) in [6.07, 6.45) is 9.36. The molecule has 2 fully saturated rings. The number of rotatable bonds is 12. The third kappa shape index (κ3) is 9.25. The maximum Gasteiger partial charge on any atom is 0.328 e. The van der Waals surface area contributed by atoms with Gasteiger partial charge in [-0.05, 0) is 79.3 Å². The Morgan fingerprint density at radius 2 is 1.57 bits per heavy atom. The van der Waals surface area contributed by atoms with Gasteiger partial charge in [0.1, 0.15) is 0 Å². The van der Waals surface area contributed by atoms with Crippen molar-refractivity contribution in [2.24, 2.45) is 5.92 Å². The first kappa shape index (κ1) is 33.3. The molecule has 0 unspecified atom stereocenters. The highest BCUT2D eigenvalue weighted by Crippen LogP contribution is 2.31. The van der Waals surface area contributed by atoms with Crippen LogP contribution in [0.1, 0.15) is 36.8 Å². The smallest absolute Gasteiger partial charge is 0.328 e. The number of benzene rings is 2. The summed E-state index contributed by atoms with van der Waals surface area (Å²) in [4.78, 5) is 38.3. The van der Waals surface area contributed by atoms with Crippen molar-refractivity contribution < 1.29 is 19.4 Å². The topological polar surface area (TPSA) is 89.5 Å². The lowest BCUT2D eigenvalue weighted by atomic mass is 9.86. The Kier molecular flexibility index (Phi) is 11.6. The monoisotopic (exact) mass is 625 g/mol. The van der Waals surface area contributed by atoms with Gasteiger partial charge in [-0.25, -0.2) is 4.79 Å². The number of ether oxygens (including phenoxy) is 1. The van der Waals surface area contributed by atoms with E-state index in [0.29, 0.717) is 17.8 Å². The highest BCUT2D eigenvalue weighted by Gasteiger charge is 2.31. The number of pyridine rings is 1. The molecule has 1 amide bonds. The molecular formula is C37H47N5O4. The highest BCUT2D eigenvalue weighted by atomic mass is 16.5. The molecule has 9 nitrogen and oxygen atoms in total. The number of amides is 1. The first-order valence-corrected chi connectivity index (χ1v) is 16.3. The number of likely N-dealkylation sites (N-methyl/N-ethyl adjacent to an activating group) is 1. The summed E-state index contributed by atoms with van der Waals surface area (Å²) in [7, 11) is 6.22. The molecule has 2 aliphatic rings. The lowest BCUT2D eigenvalue weighted by Crippen LogP contribution is -2.45. The van der Waals surface area contributed by atoms with Gasteiger partial charge in [-0.1, -0.05) is 36.4 Å². The van der Waals surface area contributed by atoms with Gasteiger partial charge in [-0.3, -0.25) is 14.7 Å². The van der Waals surface area contributed by atoms with Crippen molar-refractivity contribution in [3.05, 3.63) is 84.2 Å². The third-order valence-corrected chi connectivity index (χ3v) is 9.13. The fraction of sp³-hybridized carbons (Fsp3) is 0.432. The van der Waals surface area contributed by atoms with Gasteiger partial charge in [0, 0.05) is 70.7 Å². The van der Waals surface area contributed by atoms with E-state index >= 15 is 0 Å². The minimum absolute atomic E-state index is 0.0698. The molecule has 0 atom stereocenters. The molecule has 0 bridgehead atoms. The van der Waals surface area contributed by atoms with Crippen LogP contribution in [0.2, 0.25) is 0 Å². The van der Waals surface area contributed by atoms with E-state index in [-0.39, 0.29) is 17.9 Å². The van der Waals surface area contributed by atoms with Gasteiger partial charge in [0.15, 0.2) is 0 Å². The van der Waals surface area contributed by atoms with Crippen molar-refractivity contribution in [2.45, 2.75) is 38.3 Å². The third-order valence-electron chi connectivity index (χ3n) is 9.13. The Hall–Kier alpha value is -4.05. The fourth-order valence-electron chi connectivity index (χ4n) is 6.20. The summed E-state index contributed by atoms with van der Waals surface area (Å²) in [5.74, 6) is -1.07. The van der Waals surface area contributed by atoms with E-state index in [1.165, 1.54) is 6.08 Å². The van der Waals surface area contributed by atoms with Crippen LogP contribution in [0.4, 0.5) is 11.4 Å². The maximum absolute atomic E-state index is 14.1. The largest absolute Gasteiger partial charge is 0.478 e. The molecule has 2 aromatic carbocycles. The molecule has 46 heavy (non-hydrogen) atoms. The number of carboxylic acid groups (broad SMARTS) is 1. The van der Waals surface area contributed by atoms with E-state index in [2.05, 4.69) is 75.3 Å². The van der Waals surface area contributed by atoms with E-state index in [1.54, 1.807) is 12.4 Å². The summed E-state index contributed by atoms with van der Waals surface area (Å²) in [6.45, 7) is 6.48. The first-order valence-electron chi connectivity index (χ1n) is 16.3. The van der Waals surface area contributed by atoms with Gasteiger partial charge in [-0.15, -0.1) is 0 Å². The van der Waals surface area contributed by atoms with Crippen molar-refractivity contribution in [3.8, 4) is 11.1 Å². The summed E-state index contributed by atoms with van der Waals surface area (Å²) < 4.78 is 6.26. The molecule has 1 saturated carbocycles. The average Bonchev–Trinajstić information content (AvgIpc) is 3.07. The van der Waals surface area contributed by atoms with E-state index < -0.39 is 5.97 Å². The Balaban J connectivity index is 1.25. The van der Waals surface area contributed by atoms with Gasteiger partial charge in [0.25, 0.3) is 0 Å². The van der Waals surface area contributed by atoms with Crippen LogP contribution in [0.15, 0.2) is 73.1 Å². The molecule has 3 aromatic rings. The summed E-state index contributed by atoms with van der Waals surface area (Å²) in [5.41, 5.74) is 5.69. The van der Waals surface area contributed by atoms with Crippen LogP contribution in [0.25, 0.3) is 17.2 Å². The zero-order chi connectivity index (χ0) is 32.5. The van der Waals surface area contributed by atoms with E-state index in [0.717, 1.165) is 93.5 Å². The van der Waals surface area contributed by atoms with Gasteiger partial charge in [-0.2, -0.15) is 0 Å². The number of anilines is 2. The van der Waals surface area contributed by atoms with E-state index in [1.807, 2.05) is 25.1 Å². The summed E-state index contributed by atoms with van der Waals surface area (Å²) >= 11 is 0. The minimum Gasteiger partial charge on any atom is -0.478 e. The van der Waals surface area contributed by atoms with Crippen molar-refractivity contribution in [2.75, 3.05) is 70.3 Å². The predicted molar refractivity (Wildman–Crippen MR) is 184 cm³/mol. The number of hydrogen-bond acceptors (Lipinski definition) is 7. The Bertz CT molecular complexity index is 1460. The molecule has 1 aliphatic heterocycles. The second-order valence-corrected chi connectivity index (χ2v) is 12.7. The number of nitrogens with zero attached hydrogens (tertiary/aromatic N) is 5. The second kappa shape index (κ2) is 16.0. The molecule has 1 N–H and O–H groups in total. The molecule has 1 saturated heterocycles. The van der Waals surface area contributed by atoms with Crippen LogP contribution < -0.4 is 9.80 Å². The van der Waals surface area contributed by atoms with Crippen LogP contribution in [0.3, 0.4) is 0 Å². The molecule has 5 rings (SSSR count). The molecular weight excluding hydrogens is 578 g/mol. The molecule has 1 aliphatic carbocycles. The molecule has 2 heterocycles. The van der Waals surface area contributed by atoms with Crippen LogP contribution in [0, 0.1) is 5.92 Å². The van der Waals surface area contributed by atoms with Gasteiger partial charge in [0.05, 0.1) is 31.1 Å². The number of aliphatic carboxylic acids is 1. The maximum atomic E-state index is 14.1. The Labute approximate surface area is 273 Å². The lowest BCUT2D eigenvalue weighted by Gasteiger charge is -2.34. The van der Waals surface area contributed by atoms with Crippen LogP contribution in [-0.4, -0.2) is 98.3 Å². The fourth-order valence-corrected chi connectivity index (χ4v) is 6.20. The quantitative estimate of drug-likeness (QED) is 0.273. The molecule has 1 aromatic heterocycles. The van der Waals surface area contributed by atoms with Crippen molar-refractivity contribution >= 4 is 29.3 Å². The first-order chi connectivity index (χ1) is 22.2. The summed E-state index contributed by atoms with van der Waals surface area (Å²) in [6, 6.07) is 18.6. The number of aromatic nitrogens is 1. The van der Waals surface area contributed by atoms with Gasteiger partial charge < -0.3 is 24.5 Å². The zero-order valence-corrected chi connectivity index (χ0v) is 27.3. The molecule has 0 spiro atoms. The van der Waals surface area contributed by atoms with Gasteiger partial charge >= 0.3 is 5.97 Å². The number of piperazine rings is 1. The Morgan fingerprint density at radius 3 is 2.20 bits per heavy atom. The van der Waals surface area contributed by atoms with Crippen LogP contribution in [-0.2, 0) is 20.9 Å². The number of carboxylic acids is 1. The van der Waals surface area contributed by atoms with Crippen molar-refractivity contribution in [1.82, 2.24) is 14.8 Å². The average molecular weight is 626 g/mol. The molecule has 9 heteroatoms. The summed E-state index contributed by atoms with van der Waals surface area (Å²) in [5, 5.41) is 9.11. The van der Waals surface area contributed by atoms with Crippen LogP contribution in [0.5, 0.6) is 0 Å². The SMILES string of the molecule is CN1CCN(CCOC2CCC(C(=O)N(Cc3ccc(-c4ccc(N(C)C)cc4)cc3)c3cncc(C=CC(=O)O)c3)CC2)CC1. The molecule has 244 valence electrons. The highest BCUT2D eigenvalue weighted by molar-refractivity contribution is 5.95. The normalized spacial score (nSPS) is 19.3. The molecule has 0 radical (unpaired) electrons. The standard InChI is InChI=1S/C37H47N5O4/c1-39(2)33-13-9-31(10-14-33)30-7-4-28(5-8-30)27-42(34-24-29(25-38-26-34)6-17-36(43)44)37(45)32-11-15-35(16-12-32)46-23-22-41-20-18-40(3)19-21-41/h4-10,13-14,17,24-26,32,35H,11-12,15-16,18-23,27H2,1-3H3,(H,43,44). The van der Waals surface area contributed by atoms with Gasteiger partial charge in [0.2, 0.25) is 5.91 Å². The lowest BCUT2D eigenvalue weighted by molar-refractivity contribution is -0.131. The number of carbonyl (C=O) groups is 2. The predicted octanol–water partition coefficient (Wildman–Crippen LogP) is 5.27. The van der Waals surface area contributed by atoms with Crippen molar-refractivity contribution in [1.29, 1.82) is 0 Å². The van der Waals surface area contributed by atoms with Crippen LogP contribution >= 0.6 is 0 Å². The number of carbonyl (C=O) groups excluding carboxylic acids is 1. The minimum atomic E-state index is -1.03.